The zero-order chi connectivity index (χ0) is 10.7. The van der Waals surface area contributed by atoms with Gasteiger partial charge in [0.1, 0.15) is 18.0 Å². The van der Waals surface area contributed by atoms with Crippen molar-refractivity contribution >= 4 is 5.82 Å². The maximum Gasteiger partial charge on any atom is 0.263 e. The topological polar surface area (TPSA) is 103 Å². The van der Waals surface area contributed by atoms with Gasteiger partial charge in [-0.25, -0.2) is 0 Å². The van der Waals surface area contributed by atoms with E-state index in [-0.39, 0.29) is 0 Å². The highest BCUT2D eigenvalue weighted by Gasteiger charge is 2.12. The maximum atomic E-state index is 5.60. The predicted molar refractivity (Wildman–Crippen MR) is 51.6 cm³/mol. The minimum Gasteiger partial charge on any atom is -0.383 e. The third-order valence-electron chi connectivity index (χ3n) is 1.80. The fourth-order valence-corrected chi connectivity index (χ4v) is 1.08. The van der Waals surface area contributed by atoms with Crippen molar-refractivity contribution in [2.75, 3.05) is 12.3 Å². The van der Waals surface area contributed by atoms with E-state index in [1.807, 2.05) is 6.92 Å². The first-order chi connectivity index (χ1) is 7.31. The van der Waals surface area contributed by atoms with Crippen LogP contribution >= 0.6 is 0 Å². The Hall–Kier alpha value is -1.89. The van der Waals surface area contributed by atoms with E-state index >= 15 is 0 Å². The number of rotatable bonds is 4. The smallest absolute Gasteiger partial charge is 0.263 e. The molecule has 0 saturated carbocycles. The molecule has 0 spiro atoms. The Balaban J connectivity index is 2.17. The highest BCUT2D eigenvalue weighted by molar-refractivity contribution is 5.65. The standard InChI is InChI=1S/C8H11N5O2/c1-2-14-4-6-11-8(15-13-6)5-3-10-12-7(5)9/h3H,2,4H2,1H3,(H3,9,10,12). The molecule has 2 aromatic rings. The van der Waals surface area contributed by atoms with Crippen molar-refractivity contribution in [1.29, 1.82) is 0 Å². The normalized spacial score (nSPS) is 10.7. The van der Waals surface area contributed by atoms with Crippen LogP contribution in [0.3, 0.4) is 0 Å². The zero-order valence-corrected chi connectivity index (χ0v) is 8.23. The predicted octanol–water partition coefficient (Wildman–Crippen LogP) is 0.578. The summed E-state index contributed by atoms with van der Waals surface area (Å²) in [6.07, 6.45) is 1.54. The second-order valence-electron chi connectivity index (χ2n) is 2.85. The molecule has 0 aromatic carbocycles. The molecule has 0 fully saturated rings. The summed E-state index contributed by atoms with van der Waals surface area (Å²) >= 11 is 0. The lowest BCUT2D eigenvalue weighted by atomic mass is 10.3. The lowest BCUT2D eigenvalue weighted by molar-refractivity contribution is 0.126. The fourth-order valence-electron chi connectivity index (χ4n) is 1.08. The number of hydrogen-bond donors (Lipinski definition) is 2. The molecule has 15 heavy (non-hydrogen) atoms. The number of nitrogens with zero attached hydrogens (tertiary/aromatic N) is 3. The maximum absolute atomic E-state index is 5.60. The van der Waals surface area contributed by atoms with E-state index in [1.54, 1.807) is 0 Å². The van der Waals surface area contributed by atoms with Crippen LogP contribution in [0.1, 0.15) is 12.7 Å². The molecule has 0 aliphatic carbocycles. The van der Waals surface area contributed by atoms with Gasteiger partial charge in [0.25, 0.3) is 5.89 Å². The van der Waals surface area contributed by atoms with Crippen molar-refractivity contribution in [1.82, 2.24) is 20.3 Å². The van der Waals surface area contributed by atoms with Crippen LogP contribution in [0.25, 0.3) is 11.5 Å². The van der Waals surface area contributed by atoms with Gasteiger partial charge in [0.05, 0.1) is 6.20 Å². The SMILES string of the molecule is CCOCc1noc(-c2cn[nH]c2N)n1. The lowest BCUT2D eigenvalue weighted by Crippen LogP contribution is -1.93. The molecule has 2 heterocycles. The molecule has 0 aliphatic heterocycles. The molecule has 0 unspecified atom stereocenters. The van der Waals surface area contributed by atoms with Gasteiger partial charge >= 0.3 is 0 Å². The number of nitrogen functional groups attached to an aromatic ring is 1. The van der Waals surface area contributed by atoms with Crippen LogP contribution in [0.2, 0.25) is 0 Å². The first kappa shape index (κ1) is 9.66. The highest BCUT2D eigenvalue weighted by Crippen LogP contribution is 2.21. The molecule has 0 bridgehead atoms. The Morgan fingerprint density at radius 3 is 3.13 bits per heavy atom. The Labute approximate surface area is 85.6 Å². The summed E-state index contributed by atoms with van der Waals surface area (Å²) < 4.78 is 10.1. The van der Waals surface area contributed by atoms with Crippen LogP contribution in [0, 0.1) is 0 Å². The molecule has 7 nitrogen and oxygen atoms in total. The lowest BCUT2D eigenvalue weighted by Gasteiger charge is -1.92. The molecule has 80 valence electrons. The molecule has 0 aliphatic rings. The van der Waals surface area contributed by atoms with Gasteiger partial charge in [-0.1, -0.05) is 5.16 Å². The fraction of sp³-hybridized carbons (Fsp3) is 0.375. The van der Waals surface area contributed by atoms with Crippen LogP contribution in [0.4, 0.5) is 5.82 Å². The molecule has 0 amide bonds. The average Bonchev–Trinajstić information content (AvgIpc) is 2.83. The molecule has 0 saturated heterocycles. The quantitative estimate of drug-likeness (QED) is 0.763. The van der Waals surface area contributed by atoms with E-state index in [1.165, 1.54) is 6.20 Å². The van der Waals surface area contributed by atoms with Crippen LogP contribution in [0.5, 0.6) is 0 Å². The molecule has 0 radical (unpaired) electrons. The van der Waals surface area contributed by atoms with Gasteiger partial charge in [0.2, 0.25) is 0 Å². The Morgan fingerprint density at radius 1 is 1.60 bits per heavy atom. The average molecular weight is 209 g/mol. The number of H-pyrrole nitrogens is 1. The Kier molecular flexibility index (Phi) is 2.64. The van der Waals surface area contributed by atoms with Crippen molar-refractivity contribution in [3.63, 3.8) is 0 Å². The number of hydrogen-bond acceptors (Lipinski definition) is 6. The first-order valence-corrected chi connectivity index (χ1v) is 4.50. The van der Waals surface area contributed by atoms with E-state index in [9.17, 15) is 0 Å². The molecule has 0 atom stereocenters. The van der Waals surface area contributed by atoms with Crippen molar-refractivity contribution < 1.29 is 9.26 Å². The van der Waals surface area contributed by atoms with E-state index in [0.29, 0.717) is 36.3 Å². The molecular weight excluding hydrogens is 198 g/mol. The van der Waals surface area contributed by atoms with E-state index in [0.717, 1.165) is 0 Å². The van der Waals surface area contributed by atoms with Crippen molar-refractivity contribution in [3.8, 4) is 11.5 Å². The van der Waals surface area contributed by atoms with Gasteiger partial charge in [-0.3, -0.25) is 5.10 Å². The summed E-state index contributed by atoms with van der Waals surface area (Å²) in [5, 5.41) is 10.1. The monoisotopic (exact) mass is 209 g/mol. The highest BCUT2D eigenvalue weighted by atomic mass is 16.5. The van der Waals surface area contributed by atoms with Gasteiger partial charge in [-0.05, 0) is 6.92 Å². The summed E-state index contributed by atoms with van der Waals surface area (Å²) in [6, 6.07) is 0. The van der Waals surface area contributed by atoms with Gasteiger partial charge in [0, 0.05) is 6.61 Å². The van der Waals surface area contributed by atoms with Crippen LogP contribution in [0.15, 0.2) is 10.7 Å². The Morgan fingerprint density at radius 2 is 2.47 bits per heavy atom. The van der Waals surface area contributed by atoms with Crippen molar-refractivity contribution in [2.24, 2.45) is 0 Å². The number of nitrogens with two attached hydrogens (primary N) is 1. The van der Waals surface area contributed by atoms with Crippen LogP contribution < -0.4 is 5.73 Å². The summed E-state index contributed by atoms with van der Waals surface area (Å²) in [6.45, 7) is 2.84. The molecule has 7 heteroatoms. The molecular formula is C8H11N5O2. The number of aromatic amines is 1. The number of anilines is 1. The molecule has 2 aromatic heterocycles. The van der Waals surface area contributed by atoms with Gasteiger partial charge in [-0.2, -0.15) is 10.1 Å². The minimum atomic E-state index is 0.331. The molecule has 3 N–H and O–H groups in total. The van der Waals surface area contributed by atoms with Crippen LogP contribution in [-0.4, -0.2) is 26.9 Å². The zero-order valence-electron chi connectivity index (χ0n) is 8.23. The second-order valence-corrected chi connectivity index (χ2v) is 2.85. The second kappa shape index (κ2) is 4.09. The Bertz CT molecular complexity index is 436. The summed E-state index contributed by atoms with van der Waals surface area (Å²) in [5.41, 5.74) is 6.21. The van der Waals surface area contributed by atoms with Crippen molar-refractivity contribution in [3.05, 3.63) is 12.0 Å². The third-order valence-corrected chi connectivity index (χ3v) is 1.80. The van der Waals surface area contributed by atoms with Gasteiger partial charge in [-0.15, -0.1) is 0 Å². The van der Waals surface area contributed by atoms with Gasteiger partial charge < -0.3 is 15.0 Å². The van der Waals surface area contributed by atoms with E-state index < -0.39 is 0 Å². The number of ether oxygens (including phenoxy) is 1. The van der Waals surface area contributed by atoms with Crippen molar-refractivity contribution in [2.45, 2.75) is 13.5 Å². The van der Waals surface area contributed by atoms with E-state index in [2.05, 4.69) is 20.3 Å². The number of aromatic nitrogens is 4. The van der Waals surface area contributed by atoms with E-state index in [4.69, 9.17) is 15.0 Å². The third kappa shape index (κ3) is 1.96. The number of nitrogens with one attached hydrogen (secondary N) is 1. The van der Waals surface area contributed by atoms with Gasteiger partial charge in [0.15, 0.2) is 5.82 Å². The summed E-state index contributed by atoms with van der Waals surface area (Å²) in [5.74, 6) is 1.24. The minimum absolute atomic E-state index is 0.331. The first-order valence-electron chi connectivity index (χ1n) is 4.50. The molecule has 2 rings (SSSR count). The van der Waals surface area contributed by atoms with Crippen LogP contribution in [-0.2, 0) is 11.3 Å². The summed E-state index contributed by atoms with van der Waals surface area (Å²) in [7, 11) is 0. The largest absolute Gasteiger partial charge is 0.383 e. The summed E-state index contributed by atoms with van der Waals surface area (Å²) in [4.78, 5) is 4.11.